The highest BCUT2D eigenvalue weighted by atomic mass is 19.1. The van der Waals surface area contributed by atoms with Crippen LogP contribution < -0.4 is 15.0 Å². The first-order valence-corrected chi connectivity index (χ1v) is 12.9. The Bertz CT molecular complexity index is 1210. The maximum absolute atomic E-state index is 13.8. The molecule has 194 valence electrons. The van der Waals surface area contributed by atoms with Gasteiger partial charge in [0.15, 0.2) is 0 Å². The second-order valence-corrected chi connectivity index (χ2v) is 9.34. The van der Waals surface area contributed by atoms with Gasteiger partial charge in [0, 0.05) is 12.1 Å². The molecule has 0 fully saturated rings. The zero-order valence-corrected chi connectivity index (χ0v) is 21.7. The normalized spacial score (nSPS) is 17.0. The van der Waals surface area contributed by atoms with E-state index in [0.29, 0.717) is 17.9 Å². The van der Waals surface area contributed by atoms with E-state index in [1.54, 1.807) is 30.2 Å². The highest BCUT2D eigenvalue weighted by Crippen LogP contribution is 2.43. The summed E-state index contributed by atoms with van der Waals surface area (Å²) < 4.78 is 18.9. The Kier molecular flexibility index (Phi) is 8.56. The van der Waals surface area contributed by atoms with Crippen LogP contribution in [0, 0.1) is 5.82 Å². The number of fused-ring (bicyclic) bond motifs is 1. The Morgan fingerprint density at radius 2 is 1.68 bits per heavy atom. The van der Waals surface area contributed by atoms with Crippen molar-refractivity contribution in [1.29, 1.82) is 0 Å². The highest BCUT2D eigenvalue weighted by molar-refractivity contribution is 6.01. The predicted molar refractivity (Wildman–Crippen MR) is 141 cm³/mol. The second kappa shape index (κ2) is 12.0. The van der Waals surface area contributed by atoms with Crippen molar-refractivity contribution in [2.45, 2.75) is 32.4 Å². The van der Waals surface area contributed by atoms with E-state index in [1.165, 1.54) is 17.0 Å². The molecule has 0 aromatic heterocycles. The molecular weight excluding hydrogens is 469 g/mol. The van der Waals surface area contributed by atoms with Crippen LogP contribution in [-0.4, -0.2) is 50.0 Å². The van der Waals surface area contributed by atoms with E-state index in [-0.39, 0.29) is 24.2 Å². The van der Waals surface area contributed by atoms with Crippen LogP contribution >= 0.6 is 0 Å². The first-order chi connectivity index (χ1) is 18.0. The van der Waals surface area contributed by atoms with E-state index in [4.69, 9.17) is 4.74 Å². The minimum Gasteiger partial charge on any atom is -0.497 e. The van der Waals surface area contributed by atoms with Crippen LogP contribution in [0.4, 0.5) is 4.39 Å². The number of rotatable bonds is 10. The molecule has 1 aliphatic heterocycles. The molecule has 1 heterocycles. The summed E-state index contributed by atoms with van der Waals surface area (Å²) in [6.07, 6.45) is 0. The average molecular weight is 505 g/mol. The third-order valence-electron chi connectivity index (χ3n) is 7.22. The van der Waals surface area contributed by atoms with Crippen molar-refractivity contribution in [3.05, 3.63) is 101 Å². The number of hydrogen-bond acceptors (Lipinski definition) is 3. The molecule has 2 unspecified atom stereocenters. The number of hydrogen-bond donors (Lipinski definition) is 2. The first kappa shape index (κ1) is 26.4. The van der Waals surface area contributed by atoms with E-state index in [2.05, 4.69) is 19.2 Å². The van der Waals surface area contributed by atoms with Crippen LogP contribution in [0.25, 0.3) is 0 Å². The molecule has 0 bridgehead atoms. The number of carbonyl (C=O) groups is 2. The largest absolute Gasteiger partial charge is 0.497 e. The zero-order chi connectivity index (χ0) is 26.4. The molecule has 0 saturated carbocycles. The van der Waals surface area contributed by atoms with Crippen LogP contribution in [0.3, 0.4) is 0 Å². The Balaban J connectivity index is 1.76. The van der Waals surface area contributed by atoms with Gasteiger partial charge in [0.05, 0.1) is 45.2 Å². The highest BCUT2D eigenvalue weighted by Gasteiger charge is 2.44. The van der Waals surface area contributed by atoms with Gasteiger partial charge in [0.1, 0.15) is 11.6 Å². The van der Waals surface area contributed by atoms with Crippen molar-refractivity contribution in [3.63, 3.8) is 0 Å². The lowest BCUT2D eigenvalue weighted by molar-refractivity contribution is -0.895. The zero-order valence-electron chi connectivity index (χ0n) is 21.7. The van der Waals surface area contributed by atoms with Crippen molar-refractivity contribution < 1.29 is 23.6 Å². The lowest BCUT2D eigenvalue weighted by Gasteiger charge is -2.42. The van der Waals surface area contributed by atoms with Gasteiger partial charge in [-0.3, -0.25) is 9.59 Å². The van der Waals surface area contributed by atoms with Crippen molar-refractivity contribution in [2.24, 2.45) is 0 Å². The number of quaternary nitrogens is 1. The summed E-state index contributed by atoms with van der Waals surface area (Å²) in [7, 11) is 1.60. The summed E-state index contributed by atoms with van der Waals surface area (Å²) >= 11 is 0. The maximum Gasteiger partial charge on any atom is 0.255 e. The van der Waals surface area contributed by atoms with Gasteiger partial charge >= 0.3 is 0 Å². The summed E-state index contributed by atoms with van der Waals surface area (Å²) in [5, 5.41) is 3.15. The third kappa shape index (κ3) is 5.83. The van der Waals surface area contributed by atoms with Crippen LogP contribution in [0.5, 0.6) is 5.75 Å². The molecule has 6 nitrogen and oxygen atoms in total. The van der Waals surface area contributed by atoms with Crippen LogP contribution in [0.1, 0.15) is 52.9 Å². The van der Waals surface area contributed by atoms with E-state index in [0.717, 1.165) is 36.3 Å². The Labute approximate surface area is 218 Å². The Morgan fingerprint density at radius 1 is 1.00 bits per heavy atom. The number of likely N-dealkylation sites (N-methyl/N-ethyl adjacent to an activating group) is 1. The number of ether oxygens (including phenoxy) is 1. The van der Waals surface area contributed by atoms with Gasteiger partial charge in [0.25, 0.3) is 5.91 Å². The van der Waals surface area contributed by atoms with Gasteiger partial charge in [-0.1, -0.05) is 42.5 Å². The van der Waals surface area contributed by atoms with Crippen molar-refractivity contribution >= 4 is 11.8 Å². The van der Waals surface area contributed by atoms with Crippen LogP contribution in [-0.2, 0) is 11.3 Å². The number of halogens is 1. The predicted octanol–water partition coefficient (Wildman–Crippen LogP) is 3.36. The molecule has 4 rings (SSSR count). The number of nitrogens with one attached hydrogen (secondary N) is 2. The maximum atomic E-state index is 13.8. The monoisotopic (exact) mass is 504 g/mol. The fourth-order valence-electron chi connectivity index (χ4n) is 5.08. The van der Waals surface area contributed by atoms with Gasteiger partial charge in [-0.2, -0.15) is 0 Å². The van der Waals surface area contributed by atoms with Gasteiger partial charge in [-0.25, -0.2) is 4.39 Å². The van der Waals surface area contributed by atoms with E-state index < -0.39 is 12.0 Å². The van der Waals surface area contributed by atoms with Crippen LogP contribution in [0.15, 0.2) is 72.8 Å². The first-order valence-electron chi connectivity index (χ1n) is 12.9. The quantitative estimate of drug-likeness (QED) is 0.445. The fraction of sp³-hybridized carbons (Fsp3) is 0.333. The third-order valence-corrected chi connectivity index (χ3v) is 7.22. The average Bonchev–Trinajstić information content (AvgIpc) is 2.93. The summed E-state index contributed by atoms with van der Waals surface area (Å²) in [5.74, 6) is -0.513. The summed E-state index contributed by atoms with van der Waals surface area (Å²) in [5.41, 5.74) is 2.86. The fourth-order valence-corrected chi connectivity index (χ4v) is 5.08. The molecule has 1 aliphatic rings. The number of amides is 2. The van der Waals surface area contributed by atoms with E-state index in [9.17, 15) is 14.0 Å². The molecule has 7 heteroatoms. The summed E-state index contributed by atoms with van der Waals surface area (Å²) in [4.78, 5) is 30.8. The minimum atomic E-state index is -0.602. The van der Waals surface area contributed by atoms with Gasteiger partial charge < -0.3 is 19.9 Å². The van der Waals surface area contributed by atoms with Crippen molar-refractivity contribution in [1.82, 2.24) is 10.2 Å². The molecule has 0 radical (unpaired) electrons. The summed E-state index contributed by atoms with van der Waals surface area (Å²) in [6.45, 7) is 7.89. The topological polar surface area (TPSA) is 63.1 Å². The number of benzene rings is 3. The Hall–Kier alpha value is -3.71. The SMILES string of the molecule is CC[NH+](CC)CCNC(=O)C1c2ccccc2C(=O)N(Cc2ccc(F)cc2)C1c1ccc(OC)cc1. The number of carbonyl (C=O) groups excluding carboxylic acids is 2. The van der Waals surface area contributed by atoms with Gasteiger partial charge in [0.2, 0.25) is 5.91 Å². The Morgan fingerprint density at radius 3 is 2.32 bits per heavy atom. The lowest BCUT2D eigenvalue weighted by atomic mass is 9.79. The standard InChI is InChI=1S/C30H34FN3O3/c1-4-33(5-2)19-18-32-29(35)27-25-8-6-7-9-26(25)30(36)34(20-21-10-14-23(31)15-11-21)28(27)22-12-16-24(37-3)17-13-22/h6-17,27-28H,4-5,18-20H2,1-3H3,(H,32,35)/p+1. The molecular formula is C30H35FN3O3+. The summed E-state index contributed by atoms with van der Waals surface area (Å²) in [6, 6.07) is 20.4. The number of methoxy groups -OCH3 is 1. The molecule has 0 spiro atoms. The molecule has 3 aromatic rings. The molecule has 37 heavy (non-hydrogen) atoms. The molecule has 0 aliphatic carbocycles. The van der Waals surface area contributed by atoms with E-state index in [1.807, 2.05) is 42.5 Å². The molecule has 0 saturated heterocycles. The van der Waals surface area contributed by atoms with Crippen LogP contribution in [0.2, 0.25) is 0 Å². The molecule has 2 N–H and O–H groups in total. The van der Waals surface area contributed by atoms with E-state index >= 15 is 0 Å². The number of nitrogens with zero attached hydrogens (tertiary/aromatic N) is 1. The van der Waals surface area contributed by atoms with Crippen molar-refractivity contribution in [2.75, 3.05) is 33.3 Å². The lowest BCUT2D eigenvalue weighted by Crippen LogP contribution is -3.12. The molecule has 2 amide bonds. The van der Waals surface area contributed by atoms with Gasteiger partial charge in [-0.05, 0) is 60.9 Å². The molecule has 2 atom stereocenters. The molecule has 3 aromatic carbocycles. The second-order valence-electron chi connectivity index (χ2n) is 9.34. The van der Waals surface area contributed by atoms with Gasteiger partial charge in [-0.15, -0.1) is 0 Å². The van der Waals surface area contributed by atoms with Crippen molar-refractivity contribution in [3.8, 4) is 5.75 Å². The smallest absolute Gasteiger partial charge is 0.255 e. The minimum absolute atomic E-state index is 0.114.